The first-order valence-electron chi connectivity index (χ1n) is 8.34. The van der Waals surface area contributed by atoms with Crippen LogP contribution in [0.15, 0.2) is 24.3 Å². The molecule has 1 aliphatic heterocycles. The van der Waals surface area contributed by atoms with Crippen LogP contribution in [0, 0.1) is 12.8 Å². The molecule has 1 heterocycles. The quantitative estimate of drug-likeness (QED) is 0.788. The van der Waals surface area contributed by atoms with Crippen LogP contribution in [0.4, 0.5) is 0 Å². The van der Waals surface area contributed by atoms with E-state index in [1.54, 1.807) is 6.92 Å². The van der Waals surface area contributed by atoms with Gasteiger partial charge in [0.2, 0.25) is 5.91 Å². The normalized spacial score (nSPS) is 16.6. The predicted molar refractivity (Wildman–Crippen MR) is 88.9 cm³/mol. The van der Waals surface area contributed by atoms with Crippen molar-refractivity contribution in [3.8, 4) is 0 Å². The number of benzene rings is 1. The molecule has 126 valence electrons. The van der Waals surface area contributed by atoms with Gasteiger partial charge in [-0.2, -0.15) is 0 Å². The van der Waals surface area contributed by atoms with Crippen LogP contribution >= 0.6 is 0 Å². The first kappa shape index (κ1) is 17.5. The van der Waals surface area contributed by atoms with Crippen LogP contribution in [0.2, 0.25) is 0 Å². The van der Waals surface area contributed by atoms with Gasteiger partial charge in [0, 0.05) is 5.92 Å². The number of ether oxygens (including phenoxy) is 1. The molecular formula is C18H26N2O3. The largest absolute Gasteiger partial charge is 0.466 e. The maximum atomic E-state index is 12.5. The summed E-state index contributed by atoms with van der Waals surface area (Å²) in [6.07, 6.45) is 1.84. The predicted octanol–water partition coefficient (Wildman–Crippen LogP) is 2.11. The Bertz CT molecular complexity index is 539. The number of hydrogen-bond acceptors (Lipinski definition) is 4. The van der Waals surface area contributed by atoms with E-state index in [9.17, 15) is 9.59 Å². The molecule has 23 heavy (non-hydrogen) atoms. The number of amides is 1. The Kier molecular flexibility index (Phi) is 6.59. The average Bonchev–Trinajstić information content (AvgIpc) is 2.55. The van der Waals surface area contributed by atoms with Gasteiger partial charge in [-0.05, 0) is 50.9 Å². The molecule has 1 aromatic rings. The van der Waals surface area contributed by atoms with Crippen molar-refractivity contribution in [2.75, 3.05) is 19.7 Å². The number of carbonyl (C=O) groups is 2. The minimum absolute atomic E-state index is 0.0185. The van der Waals surface area contributed by atoms with Crippen LogP contribution in [0.5, 0.6) is 0 Å². The number of carbonyl (C=O) groups excluding carboxylic acids is 2. The molecule has 1 atom stereocenters. The second-order valence-corrected chi connectivity index (χ2v) is 5.95. The summed E-state index contributed by atoms with van der Waals surface area (Å²) >= 11 is 0. The molecule has 5 nitrogen and oxygen atoms in total. The van der Waals surface area contributed by atoms with Gasteiger partial charge in [0.15, 0.2) is 0 Å². The average molecular weight is 318 g/mol. The summed E-state index contributed by atoms with van der Waals surface area (Å²) in [5.74, 6) is -0.236. The highest BCUT2D eigenvalue weighted by Crippen LogP contribution is 2.23. The first-order chi connectivity index (χ1) is 11.1. The van der Waals surface area contributed by atoms with Gasteiger partial charge in [0.25, 0.3) is 0 Å². The van der Waals surface area contributed by atoms with Crippen molar-refractivity contribution >= 4 is 11.9 Å². The van der Waals surface area contributed by atoms with Crippen molar-refractivity contribution in [1.29, 1.82) is 0 Å². The van der Waals surface area contributed by atoms with Gasteiger partial charge in [-0.1, -0.05) is 24.3 Å². The van der Waals surface area contributed by atoms with E-state index >= 15 is 0 Å². The molecule has 0 aliphatic carbocycles. The Morgan fingerprint density at radius 3 is 2.65 bits per heavy atom. The molecule has 0 radical (unpaired) electrons. The molecule has 1 fully saturated rings. The Morgan fingerprint density at radius 1 is 1.30 bits per heavy atom. The van der Waals surface area contributed by atoms with Crippen LogP contribution in [0.3, 0.4) is 0 Å². The van der Waals surface area contributed by atoms with Crippen LogP contribution in [0.25, 0.3) is 0 Å². The highest BCUT2D eigenvalue weighted by molar-refractivity contribution is 5.80. The lowest BCUT2D eigenvalue weighted by molar-refractivity contribution is -0.144. The van der Waals surface area contributed by atoms with Gasteiger partial charge in [-0.25, -0.2) is 0 Å². The summed E-state index contributed by atoms with van der Waals surface area (Å²) in [7, 11) is 0. The Labute approximate surface area is 137 Å². The molecule has 5 heteroatoms. The van der Waals surface area contributed by atoms with Crippen LogP contribution in [-0.4, -0.2) is 31.6 Å². The fourth-order valence-electron chi connectivity index (χ4n) is 2.98. The molecule has 1 amide bonds. The molecule has 1 aliphatic rings. The first-order valence-corrected chi connectivity index (χ1v) is 8.34. The zero-order valence-corrected chi connectivity index (χ0v) is 13.9. The summed E-state index contributed by atoms with van der Waals surface area (Å²) in [5, 5.41) is 6.32. The Morgan fingerprint density at radius 2 is 2.00 bits per heavy atom. The molecule has 0 aromatic heterocycles. The molecule has 1 aromatic carbocycles. The van der Waals surface area contributed by atoms with Gasteiger partial charge in [-0.3, -0.25) is 9.59 Å². The van der Waals surface area contributed by atoms with Crippen molar-refractivity contribution in [2.45, 2.75) is 39.2 Å². The molecule has 0 spiro atoms. The van der Waals surface area contributed by atoms with E-state index in [1.165, 1.54) is 0 Å². The maximum absolute atomic E-state index is 12.5. The van der Waals surface area contributed by atoms with Gasteiger partial charge < -0.3 is 15.4 Å². The van der Waals surface area contributed by atoms with Crippen molar-refractivity contribution in [1.82, 2.24) is 10.6 Å². The number of hydrogen-bond donors (Lipinski definition) is 2. The lowest BCUT2D eigenvalue weighted by Gasteiger charge is -2.26. The Hall–Kier alpha value is -1.88. The van der Waals surface area contributed by atoms with Crippen LogP contribution in [-0.2, 0) is 14.3 Å². The standard InChI is InChI=1S/C18H26N2O3/c1-3-23-17(21)12-16(15-7-5-4-6-13(15)2)20-18(22)14-8-10-19-11-9-14/h4-7,14,16,19H,3,8-12H2,1-2H3,(H,20,22). The van der Waals surface area contributed by atoms with E-state index in [-0.39, 0.29) is 30.3 Å². The molecule has 0 bridgehead atoms. The van der Waals surface area contributed by atoms with E-state index in [2.05, 4.69) is 10.6 Å². The van der Waals surface area contributed by atoms with Gasteiger partial charge in [0.05, 0.1) is 19.1 Å². The van der Waals surface area contributed by atoms with Crippen molar-refractivity contribution in [2.24, 2.45) is 5.92 Å². The SMILES string of the molecule is CCOC(=O)CC(NC(=O)C1CCNCC1)c1ccccc1C. The molecule has 2 rings (SSSR count). The van der Waals surface area contributed by atoms with Crippen LogP contribution < -0.4 is 10.6 Å². The number of nitrogens with one attached hydrogen (secondary N) is 2. The number of rotatable bonds is 6. The summed E-state index contributed by atoms with van der Waals surface area (Å²) in [5.41, 5.74) is 2.04. The minimum atomic E-state index is -0.336. The van der Waals surface area contributed by atoms with Gasteiger partial charge in [-0.15, -0.1) is 0 Å². The van der Waals surface area contributed by atoms with Crippen LogP contribution in [0.1, 0.15) is 43.4 Å². The fraction of sp³-hybridized carbons (Fsp3) is 0.556. The Balaban J connectivity index is 2.11. The zero-order chi connectivity index (χ0) is 16.7. The van der Waals surface area contributed by atoms with Gasteiger partial charge >= 0.3 is 5.97 Å². The van der Waals surface area contributed by atoms with E-state index in [1.807, 2.05) is 31.2 Å². The van der Waals surface area contributed by atoms with E-state index in [0.717, 1.165) is 37.1 Å². The minimum Gasteiger partial charge on any atom is -0.466 e. The van der Waals surface area contributed by atoms with Gasteiger partial charge in [0.1, 0.15) is 0 Å². The highest BCUT2D eigenvalue weighted by atomic mass is 16.5. The molecular weight excluding hydrogens is 292 g/mol. The van der Waals surface area contributed by atoms with Crippen molar-refractivity contribution in [3.05, 3.63) is 35.4 Å². The second-order valence-electron chi connectivity index (χ2n) is 5.95. The molecule has 2 N–H and O–H groups in total. The summed E-state index contributed by atoms with van der Waals surface area (Å²) in [6, 6.07) is 7.50. The lowest BCUT2D eigenvalue weighted by atomic mass is 9.94. The third-order valence-corrected chi connectivity index (χ3v) is 4.27. The number of aryl methyl sites for hydroxylation is 1. The smallest absolute Gasteiger partial charge is 0.308 e. The third kappa shape index (κ3) is 5.06. The van der Waals surface area contributed by atoms with E-state index < -0.39 is 0 Å². The molecule has 1 saturated heterocycles. The highest BCUT2D eigenvalue weighted by Gasteiger charge is 2.26. The van der Waals surface area contributed by atoms with E-state index in [4.69, 9.17) is 4.74 Å². The number of piperidine rings is 1. The zero-order valence-electron chi connectivity index (χ0n) is 13.9. The number of esters is 1. The maximum Gasteiger partial charge on any atom is 0.308 e. The summed E-state index contributed by atoms with van der Waals surface area (Å²) in [4.78, 5) is 24.5. The summed E-state index contributed by atoms with van der Waals surface area (Å²) in [6.45, 7) is 5.86. The van der Waals surface area contributed by atoms with Crippen molar-refractivity contribution < 1.29 is 14.3 Å². The summed E-state index contributed by atoms with van der Waals surface area (Å²) < 4.78 is 5.06. The van der Waals surface area contributed by atoms with Crippen molar-refractivity contribution in [3.63, 3.8) is 0 Å². The monoisotopic (exact) mass is 318 g/mol. The molecule has 1 unspecified atom stereocenters. The second kappa shape index (κ2) is 8.67. The fourth-order valence-corrected chi connectivity index (χ4v) is 2.98. The lowest BCUT2D eigenvalue weighted by Crippen LogP contribution is -2.40. The molecule has 0 saturated carbocycles. The topological polar surface area (TPSA) is 67.4 Å². The third-order valence-electron chi connectivity index (χ3n) is 4.27. The van der Waals surface area contributed by atoms with E-state index in [0.29, 0.717) is 6.61 Å².